The maximum atomic E-state index is 11.1. The van der Waals surface area contributed by atoms with E-state index in [2.05, 4.69) is 5.32 Å². The second-order valence-electron chi connectivity index (χ2n) is 7.90. The Morgan fingerprint density at radius 3 is 2.06 bits per heavy atom. The molecule has 1 amide bonds. The Kier molecular flexibility index (Phi) is 8.03. The summed E-state index contributed by atoms with van der Waals surface area (Å²) in [5.74, 6) is -1.22. The highest BCUT2D eigenvalue weighted by Crippen LogP contribution is 2.36. The average Bonchev–Trinajstić information content (AvgIpc) is 2.77. The van der Waals surface area contributed by atoms with Gasteiger partial charge in [-0.05, 0) is 24.3 Å². The minimum Gasteiger partial charge on any atom is -0.462 e. The second kappa shape index (κ2) is 10.4. The number of aliphatic hydroxyl groups is 7. The summed E-state index contributed by atoms with van der Waals surface area (Å²) >= 11 is 0. The van der Waals surface area contributed by atoms with Crippen molar-refractivity contribution in [3.05, 3.63) is 24.3 Å². The molecule has 8 N–H and O–H groups in total. The highest BCUT2D eigenvalue weighted by atomic mass is 16.7. The molecule has 0 aliphatic carbocycles. The molecule has 0 bridgehead atoms. The monoisotopic (exact) mass is 459 g/mol. The maximum Gasteiger partial charge on any atom is 0.229 e. The van der Waals surface area contributed by atoms with Crippen LogP contribution in [0.5, 0.6) is 5.75 Å². The number of carbonyl (C=O) groups excluding carboxylic acids is 1. The molecule has 1 aromatic carbocycles. The SMILES string of the molecule is CC(=O)Nc1ccc(O[C@H]2O[C@H](CO)C([C@H]3OC(CO)[C@@H](O)[C@H](O)[C@H]3O)[C@H](O)[C@@H]2O)cc1. The van der Waals surface area contributed by atoms with E-state index in [0.717, 1.165) is 0 Å². The summed E-state index contributed by atoms with van der Waals surface area (Å²) in [6, 6.07) is 6.13. The Labute approximate surface area is 183 Å². The largest absolute Gasteiger partial charge is 0.462 e. The molecule has 10 atom stereocenters. The minimum atomic E-state index is -1.69. The van der Waals surface area contributed by atoms with Crippen LogP contribution in [0.25, 0.3) is 0 Å². The van der Waals surface area contributed by atoms with Gasteiger partial charge in [-0.3, -0.25) is 4.79 Å². The molecule has 32 heavy (non-hydrogen) atoms. The lowest BCUT2D eigenvalue weighted by Crippen LogP contribution is -2.67. The molecule has 0 saturated carbocycles. The summed E-state index contributed by atoms with van der Waals surface area (Å²) in [5, 5.41) is 73.5. The molecule has 2 aliphatic rings. The average molecular weight is 459 g/mol. The van der Waals surface area contributed by atoms with E-state index in [9.17, 15) is 40.5 Å². The number of anilines is 1. The summed E-state index contributed by atoms with van der Waals surface area (Å²) in [6.45, 7) is 0.0430. The lowest BCUT2D eigenvalue weighted by atomic mass is 9.79. The van der Waals surface area contributed by atoms with Crippen LogP contribution in [0.15, 0.2) is 24.3 Å². The van der Waals surface area contributed by atoms with Crippen LogP contribution in [0.2, 0.25) is 0 Å². The van der Waals surface area contributed by atoms with Gasteiger partial charge in [-0.2, -0.15) is 0 Å². The normalized spacial score (nSPS) is 40.0. The van der Waals surface area contributed by atoms with Crippen LogP contribution in [-0.2, 0) is 14.3 Å². The first-order valence-electron chi connectivity index (χ1n) is 10.1. The van der Waals surface area contributed by atoms with Gasteiger partial charge in [-0.15, -0.1) is 0 Å². The molecule has 2 unspecified atom stereocenters. The maximum absolute atomic E-state index is 11.1. The Morgan fingerprint density at radius 2 is 1.50 bits per heavy atom. The molecule has 0 aromatic heterocycles. The van der Waals surface area contributed by atoms with Gasteiger partial charge in [0.1, 0.15) is 36.3 Å². The number of carbonyl (C=O) groups is 1. The topological polar surface area (TPSA) is 198 Å². The highest BCUT2D eigenvalue weighted by Gasteiger charge is 2.55. The standard InChI is InChI=1S/C20H29NO11/c1-8(24)21-9-2-4-10(5-3-9)30-20-18(29)15(26)13(11(6-22)32-20)19-17(28)16(27)14(25)12(7-23)31-19/h2-5,11-20,22-23,25-29H,6-7H2,1H3,(H,21,24)/t11-,12?,13?,14-,15+,16+,17-,18+,19-,20+/m1/s1. The predicted molar refractivity (Wildman–Crippen MR) is 106 cm³/mol. The van der Waals surface area contributed by atoms with E-state index in [4.69, 9.17) is 14.2 Å². The molecule has 12 heteroatoms. The van der Waals surface area contributed by atoms with Gasteiger partial charge in [-0.25, -0.2) is 0 Å². The molecule has 0 spiro atoms. The fourth-order valence-corrected chi connectivity index (χ4v) is 4.02. The third-order valence-electron chi connectivity index (χ3n) is 5.68. The molecule has 12 nitrogen and oxygen atoms in total. The third kappa shape index (κ3) is 5.03. The zero-order valence-corrected chi connectivity index (χ0v) is 17.3. The highest BCUT2D eigenvalue weighted by molar-refractivity contribution is 5.88. The first-order chi connectivity index (χ1) is 15.2. The van der Waals surface area contributed by atoms with Gasteiger partial charge in [0.15, 0.2) is 0 Å². The first kappa shape index (κ1) is 24.8. The molecular weight excluding hydrogens is 430 g/mol. The van der Waals surface area contributed by atoms with Crippen LogP contribution in [0.4, 0.5) is 5.69 Å². The summed E-state index contributed by atoms with van der Waals surface area (Å²) in [4.78, 5) is 11.1. The lowest BCUT2D eigenvalue weighted by molar-refractivity contribution is -0.310. The molecule has 0 radical (unpaired) electrons. The minimum absolute atomic E-state index is 0.248. The van der Waals surface area contributed by atoms with Gasteiger partial charge in [0.05, 0.1) is 31.5 Å². The third-order valence-corrected chi connectivity index (χ3v) is 5.68. The number of amides is 1. The number of aliphatic hydroxyl groups excluding tert-OH is 7. The lowest BCUT2D eigenvalue weighted by Gasteiger charge is -2.49. The summed E-state index contributed by atoms with van der Waals surface area (Å²) < 4.78 is 16.7. The second-order valence-corrected chi connectivity index (χ2v) is 7.90. The van der Waals surface area contributed by atoms with E-state index in [1.807, 2.05) is 0 Å². The molecule has 2 saturated heterocycles. The fraction of sp³-hybridized carbons (Fsp3) is 0.650. The Hall–Kier alpha value is -1.87. The molecule has 2 heterocycles. The number of ether oxygens (including phenoxy) is 3. The molecule has 2 fully saturated rings. The van der Waals surface area contributed by atoms with E-state index in [1.165, 1.54) is 19.1 Å². The van der Waals surface area contributed by atoms with Crippen molar-refractivity contribution in [1.29, 1.82) is 0 Å². The van der Waals surface area contributed by atoms with E-state index in [1.54, 1.807) is 12.1 Å². The van der Waals surface area contributed by atoms with Gasteiger partial charge in [0.2, 0.25) is 12.2 Å². The van der Waals surface area contributed by atoms with Crippen molar-refractivity contribution in [2.45, 2.75) is 62.0 Å². The van der Waals surface area contributed by atoms with Crippen LogP contribution < -0.4 is 10.1 Å². The molecule has 2 aliphatic heterocycles. The fourth-order valence-electron chi connectivity index (χ4n) is 4.02. The van der Waals surface area contributed by atoms with E-state index < -0.39 is 74.3 Å². The number of nitrogens with one attached hydrogen (secondary N) is 1. The van der Waals surface area contributed by atoms with Crippen LogP contribution in [-0.4, -0.2) is 110 Å². The Balaban J connectivity index is 1.75. The van der Waals surface area contributed by atoms with Crippen molar-refractivity contribution in [1.82, 2.24) is 0 Å². The van der Waals surface area contributed by atoms with Crippen molar-refractivity contribution in [2.24, 2.45) is 5.92 Å². The van der Waals surface area contributed by atoms with Crippen molar-refractivity contribution in [2.75, 3.05) is 18.5 Å². The van der Waals surface area contributed by atoms with Gasteiger partial charge >= 0.3 is 0 Å². The quantitative estimate of drug-likeness (QED) is 0.215. The van der Waals surface area contributed by atoms with Crippen LogP contribution in [0.3, 0.4) is 0 Å². The van der Waals surface area contributed by atoms with E-state index in [-0.39, 0.29) is 11.7 Å². The molecular formula is C20H29NO11. The Morgan fingerprint density at radius 1 is 0.875 bits per heavy atom. The van der Waals surface area contributed by atoms with Crippen molar-refractivity contribution >= 4 is 11.6 Å². The number of benzene rings is 1. The van der Waals surface area contributed by atoms with Gasteiger partial charge in [-0.1, -0.05) is 0 Å². The van der Waals surface area contributed by atoms with Crippen molar-refractivity contribution in [3.63, 3.8) is 0 Å². The van der Waals surface area contributed by atoms with Crippen molar-refractivity contribution in [3.8, 4) is 5.75 Å². The van der Waals surface area contributed by atoms with E-state index >= 15 is 0 Å². The van der Waals surface area contributed by atoms with Gasteiger partial charge in [0, 0.05) is 18.5 Å². The number of hydrogen-bond donors (Lipinski definition) is 8. The van der Waals surface area contributed by atoms with Crippen LogP contribution >= 0.6 is 0 Å². The van der Waals surface area contributed by atoms with E-state index in [0.29, 0.717) is 5.69 Å². The van der Waals surface area contributed by atoms with Gasteiger partial charge < -0.3 is 55.3 Å². The zero-order valence-electron chi connectivity index (χ0n) is 17.3. The molecule has 3 rings (SSSR count). The Bertz CT molecular complexity index is 758. The smallest absolute Gasteiger partial charge is 0.229 e. The molecule has 180 valence electrons. The number of hydrogen-bond acceptors (Lipinski definition) is 11. The zero-order chi connectivity index (χ0) is 23.6. The van der Waals surface area contributed by atoms with Crippen LogP contribution in [0, 0.1) is 5.92 Å². The van der Waals surface area contributed by atoms with Crippen molar-refractivity contribution < 1.29 is 54.8 Å². The summed E-state index contributed by atoms with van der Waals surface area (Å²) in [5.41, 5.74) is 0.519. The predicted octanol–water partition coefficient (Wildman–Crippen LogP) is -3.08. The number of rotatable bonds is 6. The van der Waals surface area contributed by atoms with Crippen LogP contribution in [0.1, 0.15) is 6.92 Å². The summed E-state index contributed by atoms with van der Waals surface area (Å²) in [7, 11) is 0. The summed E-state index contributed by atoms with van der Waals surface area (Å²) in [6.07, 6.45) is -13.4. The molecule has 1 aromatic rings. The first-order valence-corrected chi connectivity index (χ1v) is 10.1. The van der Waals surface area contributed by atoms with Gasteiger partial charge in [0.25, 0.3) is 0 Å².